The largest absolute Gasteiger partial charge is 0.503 e. The van der Waals surface area contributed by atoms with Crippen molar-refractivity contribution in [1.29, 1.82) is 0 Å². The lowest BCUT2D eigenvalue weighted by Crippen LogP contribution is -2.31. The lowest BCUT2D eigenvalue weighted by molar-refractivity contribution is -0.137. The summed E-state index contributed by atoms with van der Waals surface area (Å²) in [5, 5.41) is 13.4. The van der Waals surface area contributed by atoms with Gasteiger partial charge in [-0.25, -0.2) is 0 Å². The van der Waals surface area contributed by atoms with E-state index in [9.17, 15) is 27.9 Å². The quantitative estimate of drug-likeness (QED) is 0.266. The maximum Gasteiger partial charge on any atom is 0.416 e. The lowest BCUT2D eigenvalue weighted by Gasteiger charge is -2.27. The van der Waals surface area contributed by atoms with Crippen molar-refractivity contribution in [2.24, 2.45) is 0 Å². The van der Waals surface area contributed by atoms with Gasteiger partial charge in [-0.05, 0) is 54.3 Å². The van der Waals surface area contributed by atoms with Crippen LogP contribution in [0.5, 0.6) is 5.75 Å². The number of aliphatic hydroxyl groups is 1. The number of aryl methyl sites for hydroxylation is 1. The van der Waals surface area contributed by atoms with Crippen LogP contribution in [0.4, 0.5) is 18.9 Å². The Bertz CT molecular complexity index is 1600. The first-order valence-corrected chi connectivity index (χ1v) is 12.1. The van der Waals surface area contributed by atoms with Crippen LogP contribution >= 0.6 is 22.9 Å². The number of furan rings is 1. The number of carbonyl (C=O) groups is 2. The number of halogens is 4. The normalized spacial score (nSPS) is 16.2. The van der Waals surface area contributed by atoms with Gasteiger partial charge in [0, 0.05) is 27.0 Å². The zero-order valence-corrected chi connectivity index (χ0v) is 20.8. The molecule has 0 bridgehead atoms. The van der Waals surface area contributed by atoms with Gasteiger partial charge >= 0.3 is 6.18 Å². The maximum atomic E-state index is 13.7. The molecule has 2 aromatic carbocycles. The summed E-state index contributed by atoms with van der Waals surface area (Å²) in [7, 11) is 1.40. The van der Waals surface area contributed by atoms with Crippen LogP contribution in [0.2, 0.25) is 5.02 Å². The predicted octanol–water partition coefficient (Wildman–Crippen LogP) is 7.27. The summed E-state index contributed by atoms with van der Waals surface area (Å²) in [6, 6.07) is 9.21. The Balaban J connectivity index is 1.67. The van der Waals surface area contributed by atoms with Crippen LogP contribution in [-0.4, -0.2) is 23.9 Å². The summed E-state index contributed by atoms with van der Waals surface area (Å²) in [5.41, 5.74) is -0.474. The highest BCUT2D eigenvalue weighted by Gasteiger charge is 2.47. The van der Waals surface area contributed by atoms with E-state index in [0.29, 0.717) is 20.8 Å². The first-order chi connectivity index (χ1) is 17.5. The van der Waals surface area contributed by atoms with Gasteiger partial charge in [0.15, 0.2) is 22.9 Å². The Kier molecular flexibility index (Phi) is 6.04. The highest BCUT2D eigenvalue weighted by Crippen LogP contribution is 2.46. The smallest absolute Gasteiger partial charge is 0.416 e. The Hall–Kier alpha value is -3.76. The fourth-order valence-electron chi connectivity index (χ4n) is 4.33. The summed E-state index contributed by atoms with van der Waals surface area (Å²) in [6.07, 6.45) is -4.66. The van der Waals surface area contributed by atoms with Gasteiger partial charge in [-0.15, -0.1) is 11.3 Å². The topological polar surface area (TPSA) is 80.0 Å². The summed E-state index contributed by atoms with van der Waals surface area (Å²) in [5.74, 6) is -2.59. The number of fused-ring (bicyclic) bond motifs is 1. The van der Waals surface area contributed by atoms with Crippen molar-refractivity contribution in [3.05, 3.63) is 92.0 Å². The first-order valence-electron chi connectivity index (χ1n) is 10.8. The molecule has 1 aliphatic heterocycles. The van der Waals surface area contributed by atoms with Gasteiger partial charge in [0.05, 0.1) is 18.2 Å². The predicted molar refractivity (Wildman–Crippen MR) is 132 cm³/mol. The van der Waals surface area contributed by atoms with Gasteiger partial charge in [-0.1, -0.05) is 17.7 Å². The number of anilines is 1. The van der Waals surface area contributed by atoms with E-state index in [4.69, 9.17) is 20.8 Å². The third-order valence-corrected chi connectivity index (χ3v) is 7.33. The van der Waals surface area contributed by atoms with Crippen LogP contribution in [-0.2, 0) is 11.0 Å². The molecule has 190 valence electrons. The third kappa shape index (κ3) is 4.15. The Morgan fingerprint density at radius 2 is 1.95 bits per heavy atom. The van der Waals surface area contributed by atoms with Crippen molar-refractivity contribution in [1.82, 2.24) is 0 Å². The van der Waals surface area contributed by atoms with Crippen molar-refractivity contribution in [3.63, 3.8) is 0 Å². The molecule has 37 heavy (non-hydrogen) atoms. The number of benzene rings is 2. The van der Waals surface area contributed by atoms with E-state index in [-0.39, 0.29) is 28.4 Å². The molecule has 0 spiro atoms. The molecular weight excluding hydrogens is 531 g/mol. The Labute approximate surface area is 217 Å². The molecule has 1 N–H and O–H groups in total. The van der Waals surface area contributed by atoms with Crippen molar-refractivity contribution in [2.45, 2.75) is 19.1 Å². The number of rotatable bonds is 5. The lowest BCUT2D eigenvalue weighted by atomic mass is 9.98. The summed E-state index contributed by atoms with van der Waals surface area (Å²) in [6.45, 7) is 1.74. The minimum Gasteiger partial charge on any atom is -0.503 e. The molecule has 0 radical (unpaired) electrons. The van der Waals surface area contributed by atoms with E-state index < -0.39 is 35.2 Å². The molecule has 0 aliphatic carbocycles. The second kappa shape index (κ2) is 8.97. The number of alkyl halides is 3. The van der Waals surface area contributed by atoms with E-state index >= 15 is 0 Å². The number of aliphatic hydroxyl groups excluding tert-OH is 1. The molecule has 11 heteroatoms. The van der Waals surface area contributed by atoms with E-state index in [1.54, 1.807) is 24.4 Å². The second-order valence-corrected chi connectivity index (χ2v) is 9.71. The minimum atomic E-state index is -4.66. The molecule has 1 unspecified atom stereocenters. The SMILES string of the molecule is COc1cc(Cl)cc2cc(C(=O)C3=C(O)C(=O)N(c4cccc(C(F)(F)F)c4)C3c3sccc3C)oc12. The highest BCUT2D eigenvalue weighted by molar-refractivity contribution is 7.10. The zero-order valence-electron chi connectivity index (χ0n) is 19.2. The molecule has 4 aromatic rings. The van der Waals surface area contributed by atoms with Crippen molar-refractivity contribution < 1.29 is 37.0 Å². The van der Waals surface area contributed by atoms with Gasteiger partial charge in [-0.2, -0.15) is 13.2 Å². The van der Waals surface area contributed by atoms with E-state index in [0.717, 1.165) is 23.1 Å². The third-order valence-electron chi connectivity index (χ3n) is 6.05. The van der Waals surface area contributed by atoms with Crippen molar-refractivity contribution >= 4 is 51.3 Å². The second-order valence-electron chi connectivity index (χ2n) is 8.32. The molecule has 0 saturated carbocycles. The van der Waals surface area contributed by atoms with E-state index in [1.165, 1.54) is 36.6 Å². The van der Waals surface area contributed by atoms with Crippen LogP contribution in [0.15, 0.2) is 69.7 Å². The number of methoxy groups -OCH3 is 1. The van der Waals surface area contributed by atoms with Crippen LogP contribution in [0.25, 0.3) is 11.0 Å². The van der Waals surface area contributed by atoms with Crippen LogP contribution < -0.4 is 9.64 Å². The monoisotopic (exact) mass is 547 g/mol. The molecule has 1 aliphatic rings. The van der Waals surface area contributed by atoms with Gasteiger partial charge in [0.25, 0.3) is 5.91 Å². The van der Waals surface area contributed by atoms with Crippen LogP contribution in [0.1, 0.15) is 32.6 Å². The van der Waals surface area contributed by atoms with Gasteiger partial charge in [0.2, 0.25) is 5.78 Å². The van der Waals surface area contributed by atoms with Gasteiger partial charge < -0.3 is 14.3 Å². The number of carbonyl (C=O) groups excluding carboxylic acids is 2. The standard InChI is InChI=1S/C26H17ClF3NO5S/c1-12-6-7-37-24(12)20-19(21(32)17-9-13-8-15(27)11-18(35-2)23(13)36-17)22(33)25(34)31(20)16-5-3-4-14(10-16)26(28,29)30/h3-11,20,33H,1-2H3. The fourth-order valence-corrected chi connectivity index (χ4v) is 5.57. The fraction of sp³-hybridized carbons (Fsp3) is 0.154. The van der Waals surface area contributed by atoms with Crippen molar-refractivity contribution in [2.75, 3.05) is 12.0 Å². The molecule has 1 atom stereocenters. The molecule has 1 amide bonds. The molecule has 2 aromatic heterocycles. The Morgan fingerprint density at radius 3 is 2.59 bits per heavy atom. The summed E-state index contributed by atoms with van der Waals surface area (Å²) < 4.78 is 51.3. The van der Waals surface area contributed by atoms with Gasteiger partial charge in [0.1, 0.15) is 6.04 Å². The zero-order chi connectivity index (χ0) is 26.6. The van der Waals surface area contributed by atoms with E-state index in [1.807, 2.05) is 0 Å². The molecular formula is C26H17ClF3NO5S. The Morgan fingerprint density at radius 1 is 1.19 bits per heavy atom. The summed E-state index contributed by atoms with van der Waals surface area (Å²) >= 11 is 7.32. The summed E-state index contributed by atoms with van der Waals surface area (Å²) in [4.78, 5) is 28.5. The maximum absolute atomic E-state index is 13.7. The van der Waals surface area contributed by atoms with E-state index in [2.05, 4.69) is 0 Å². The average molecular weight is 548 g/mol. The minimum absolute atomic E-state index is 0.120. The number of Topliss-reactive ketones (excluding diaryl/α,β-unsaturated/α-hetero) is 1. The molecule has 3 heterocycles. The number of nitrogens with zero attached hydrogens (tertiary/aromatic N) is 1. The molecule has 0 fully saturated rings. The van der Waals surface area contributed by atoms with Crippen LogP contribution in [0, 0.1) is 6.92 Å². The molecule has 5 rings (SSSR count). The number of thiophene rings is 1. The molecule has 0 saturated heterocycles. The number of hydrogen-bond donors (Lipinski definition) is 1. The average Bonchev–Trinajstić information content (AvgIpc) is 3.54. The van der Waals surface area contributed by atoms with Crippen molar-refractivity contribution in [3.8, 4) is 5.75 Å². The van der Waals surface area contributed by atoms with Gasteiger partial charge in [-0.3, -0.25) is 14.5 Å². The first kappa shape index (κ1) is 24.9. The molecule has 6 nitrogen and oxygen atoms in total. The number of ketones is 1. The number of amides is 1. The number of ether oxygens (including phenoxy) is 1. The number of hydrogen-bond acceptors (Lipinski definition) is 6. The highest BCUT2D eigenvalue weighted by atomic mass is 35.5. The van der Waals surface area contributed by atoms with Crippen LogP contribution in [0.3, 0.4) is 0 Å².